The maximum Gasteiger partial charge on any atom is 0.119 e. The summed E-state index contributed by atoms with van der Waals surface area (Å²) in [4.78, 5) is 4.53. The molecule has 2 aromatic carbocycles. The van der Waals surface area contributed by atoms with Crippen LogP contribution in [-0.4, -0.2) is 12.1 Å². The van der Waals surface area contributed by atoms with Gasteiger partial charge in [0.05, 0.1) is 12.8 Å². The Bertz CT molecular complexity index is 814. The quantitative estimate of drug-likeness (QED) is 0.653. The third-order valence-electron chi connectivity index (χ3n) is 4.89. The van der Waals surface area contributed by atoms with Gasteiger partial charge in [0.25, 0.3) is 0 Å². The third kappa shape index (κ3) is 3.05. The van der Waals surface area contributed by atoms with Gasteiger partial charge in [-0.1, -0.05) is 36.4 Å². The summed E-state index contributed by atoms with van der Waals surface area (Å²) < 4.78 is 5.44. The lowest BCUT2D eigenvalue weighted by Gasteiger charge is -2.11. The van der Waals surface area contributed by atoms with E-state index in [9.17, 15) is 0 Å². The molecule has 2 nitrogen and oxygen atoms in total. The molecule has 120 valence electrons. The van der Waals surface area contributed by atoms with Crippen molar-refractivity contribution in [2.75, 3.05) is 7.11 Å². The molecule has 0 N–H and O–H groups in total. The van der Waals surface area contributed by atoms with Crippen molar-refractivity contribution in [3.63, 3.8) is 0 Å². The first-order valence-corrected chi connectivity index (χ1v) is 8.48. The van der Waals surface area contributed by atoms with Gasteiger partial charge in [0.15, 0.2) is 0 Å². The van der Waals surface area contributed by atoms with Crippen molar-refractivity contribution in [2.24, 2.45) is 5.92 Å². The largest absolute Gasteiger partial charge is 0.497 e. The van der Waals surface area contributed by atoms with Crippen LogP contribution >= 0.6 is 0 Å². The Balaban J connectivity index is 1.60. The van der Waals surface area contributed by atoms with Crippen molar-refractivity contribution < 1.29 is 4.74 Å². The van der Waals surface area contributed by atoms with Gasteiger partial charge in [0, 0.05) is 11.8 Å². The highest BCUT2D eigenvalue weighted by atomic mass is 16.5. The van der Waals surface area contributed by atoms with E-state index in [1.165, 1.54) is 23.1 Å². The molecule has 0 saturated heterocycles. The van der Waals surface area contributed by atoms with Crippen LogP contribution < -0.4 is 4.74 Å². The van der Waals surface area contributed by atoms with E-state index in [4.69, 9.17) is 4.74 Å². The molecule has 1 aliphatic carbocycles. The average Bonchev–Trinajstić information content (AvgIpc) is 3.42. The van der Waals surface area contributed by atoms with Crippen LogP contribution in [0.25, 0.3) is 11.3 Å². The Hall–Kier alpha value is -2.61. The number of ether oxygens (including phenoxy) is 1. The standard InChI is InChI=1S/C22H21NO/c1-24-19-10-11-20(22-9-5-6-12-23-22)17(14-19)13-18-15-21(18)16-7-3-2-4-8-16/h2-12,14,18,21H,13,15H2,1H3/t18-,21-/m1/s1. The molecule has 1 heterocycles. The highest BCUT2D eigenvalue weighted by Gasteiger charge is 2.38. The number of nitrogens with zero attached hydrogens (tertiary/aromatic N) is 1. The minimum absolute atomic E-state index is 0.689. The maximum absolute atomic E-state index is 5.44. The first-order chi connectivity index (χ1) is 11.8. The highest BCUT2D eigenvalue weighted by Crippen LogP contribution is 2.50. The average molecular weight is 315 g/mol. The fourth-order valence-electron chi connectivity index (χ4n) is 3.50. The molecule has 2 heteroatoms. The van der Waals surface area contributed by atoms with Gasteiger partial charge < -0.3 is 4.74 Å². The van der Waals surface area contributed by atoms with Gasteiger partial charge in [-0.2, -0.15) is 0 Å². The first kappa shape index (κ1) is 14.9. The smallest absolute Gasteiger partial charge is 0.119 e. The highest BCUT2D eigenvalue weighted by molar-refractivity contribution is 5.65. The van der Waals surface area contributed by atoms with E-state index in [-0.39, 0.29) is 0 Å². The zero-order valence-corrected chi connectivity index (χ0v) is 13.9. The normalized spacial score (nSPS) is 19.0. The van der Waals surface area contributed by atoms with E-state index in [0.717, 1.165) is 17.9 Å². The number of aromatic nitrogens is 1. The van der Waals surface area contributed by atoms with Gasteiger partial charge in [-0.25, -0.2) is 0 Å². The summed E-state index contributed by atoms with van der Waals surface area (Å²) in [5, 5.41) is 0. The topological polar surface area (TPSA) is 22.1 Å². The first-order valence-electron chi connectivity index (χ1n) is 8.48. The molecule has 0 radical (unpaired) electrons. The lowest BCUT2D eigenvalue weighted by Crippen LogP contribution is -1.96. The molecule has 3 aromatic rings. The van der Waals surface area contributed by atoms with Crippen LogP contribution in [0.5, 0.6) is 5.75 Å². The number of pyridine rings is 1. The van der Waals surface area contributed by atoms with E-state index >= 15 is 0 Å². The predicted molar refractivity (Wildman–Crippen MR) is 97.2 cm³/mol. The van der Waals surface area contributed by atoms with Crippen molar-refractivity contribution in [1.82, 2.24) is 4.98 Å². The molecule has 4 rings (SSSR count). The van der Waals surface area contributed by atoms with E-state index in [1.807, 2.05) is 24.4 Å². The number of methoxy groups -OCH3 is 1. The lowest BCUT2D eigenvalue weighted by atomic mass is 9.97. The number of hydrogen-bond acceptors (Lipinski definition) is 2. The summed E-state index contributed by atoms with van der Waals surface area (Å²) in [5.74, 6) is 2.32. The molecular formula is C22H21NO. The fraction of sp³-hybridized carbons (Fsp3) is 0.227. The SMILES string of the molecule is COc1ccc(-c2ccccn2)c(C[C@@H]2C[C@@H]2c2ccccc2)c1. The van der Waals surface area contributed by atoms with Crippen LogP contribution in [0.4, 0.5) is 0 Å². The summed E-state index contributed by atoms with van der Waals surface area (Å²) in [6.45, 7) is 0. The van der Waals surface area contributed by atoms with Crippen LogP contribution in [0.15, 0.2) is 72.9 Å². The van der Waals surface area contributed by atoms with Gasteiger partial charge in [-0.3, -0.25) is 4.98 Å². The second-order valence-electron chi connectivity index (χ2n) is 6.46. The minimum atomic E-state index is 0.689. The zero-order valence-electron chi connectivity index (χ0n) is 13.9. The van der Waals surface area contributed by atoms with Crippen molar-refractivity contribution >= 4 is 0 Å². The number of hydrogen-bond donors (Lipinski definition) is 0. The maximum atomic E-state index is 5.44. The Morgan fingerprint density at radius 1 is 1.00 bits per heavy atom. The molecule has 0 aliphatic heterocycles. The molecule has 0 spiro atoms. The van der Waals surface area contributed by atoms with Crippen molar-refractivity contribution in [1.29, 1.82) is 0 Å². The van der Waals surface area contributed by atoms with Crippen LogP contribution in [0.3, 0.4) is 0 Å². The molecule has 1 aliphatic rings. The minimum Gasteiger partial charge on any atom is -0.497 e. The van der Waals surface area contributed by atoms with Gasteiger partial charge >= 0.3 is 0 Å². The molecule has 1 aromatic heterocycles. The number of benzene rings is 2. The van der Waals surface area contributed by atoms with Gasteiger partial charge in [-0.05, 0) is 66.1 Å². The van der Waals surface area contributed by atoms with E-state index in [1.54, 1.807) is 7.11 Å². The molecule has 1 fully saturated rings. The van der Waals surface area contributed by atoms with E-state index in [0.29, 0.717) is 11.8 Å². The van der Waals surface area contributed by atoms with Crippen LogP contribution in [-0.2, 0) is 6.42 Å². The lowest BCUT2D eigenvalue weighted by molar-refractivity contribution is 0.414. The fourth-order valence-corrected chi connectivity index (χ4v) is 3.50. The van der Waals surface area contributed by atoms with Crippen LogP contribution in [0.2, 0.25) is 0 Å². The van der Waals surface area contributed by atoms with E-state index in [2.05, 4.69) is 53.5 Å². The Labute approximate surface area is 143 Å². The molecule has 24 heavy (non-hydrogen) atoms. The predicted octanol–water partition coefficient (Wildman–Crippen LogP) is 5.10. The zero-order chi connectivity index (χ0) is 16.4. The second kappa shape index (κ2) is 6.48. The van der Waals surface area contributed by atoms with Crippen LogP contribution in [0.1, 0.15) is 23.5 Å². The molecule has 0 bridgehead atoms. The van der Waals surface area contributed by atoms with Gasteiger partial charge in [0.1, 0.15) is 5.75 Å². The molecule has 1 saturated carbocycles. The molecule has 0 amide bonds. The van der Waals surface area contributed by atoms with Crippen molar-refractivity contribution in [2.45, 2.75) is 18.8 Å². The Kier molecular flexibility index (Phi) is 4.04. The van der Waals surface area contributed by atoms with E-state index < -0.39 is 0 Å². The molecule has 0 unspecified atom stereocenters. The van der Waals surface area contributed by atoms with Gasteiger partial charge in [-0.15, -0.1) is 0 Å². The van der Waals surface area contributed by atoms with Crippen LogP contribution in [0, 0.1) is 5.92 Å². The monoisotopic (exact) mass is 315 g/mol. The summed E-state index contributed by atoms with van der Waals surface area (Å²) >= 11 is 0. The third-order valence-corrected chi connectivity index (χ3v) is 4.89. The van der Waals surface area contributed by atoms with Gasteiger partial charge in [0.2, 0.25) is 0 Å². The van der Waals surface area contributed by atoms with Crippen molar-refractivity contribution in [3.05, 3.63) is 84.1 Å². The summed E-state index contributed by atoms with van der Waals surface area (Å²) in [5.41, 5.74) is 5.04. The summed E-state index contributed by atoms with van der Waals surface area (Å²) in [6.07, 6.45) is 4.19. The van der Waals surface area contributed by atoms with Crippen molar-refractivity contribution in [3.8, 4) is 17.0 Å². The Morgan fingerprint density at radius 2 is 1.83 bits per heavy atom. The Morgan fingerprint density at radius 3 is 2.58 bits per heavy atom. The summed E-state index contributed by atoms with van der Waals surface area (Å²) in [7, 11) is 1.73. The summed E-state index contributed by atoms with van der Waals surface area (Å²) in [6, 6.07) is 23.3. The number of rotatable bonds is 5. The molecule has 2 atom stereocenters. The molecular weight excluding hydrogens is 294 g/mol. The second-order valence-corrected chi connectivity index (χ2v) is 6.46.